The Labute approximate surface area is 139 Å². The number of halogens is 1. The van der Waals surface area contributed by atoms with Crippen LogP contribution in [0.25, 0.3) is 0 Å². The molecular formula is C16H17FN2O4S. The number of carbonyl (C=O) groups excluding carboxylic acids is 1. The minimum atomic E-state index is -3.72. The van der Waals surface area contributed by atoms with Crippen molar-refractivity contribution in [1.82, 2.24) is 0 Å². The first-order valence-corrected chi connectivity index (χ1v) is 8.82. The Kier molecular flexibility index (Phi) is 5.40. The Hall–Kier alpha value is -2.61. The molecule has 0 saturated heterocycles. The van der Waals surface area contributed by atoms with Crippen LogP contribution in [0.3, 0.4) is 0 Å². The summed E-state index contributed by atoms with van der Waals surface area (Å²) in [7, 11) is -2.26. The number of anilines is 2. The third-order valence-corrected chi connectivity index (χ3v) is 4.32. The highest BCUT2D eigenvalue weighted by atomic mass is 32.2. The predicted octanol–water partition coefficient (Wildman–Crippen LogP) is 2.24. The minimum Gasteiger partial charge on any atom is -0.497 e. The monoisotopic (exact) mass is 352 g/mol. The Morgan fingerprint density at radius 2 is 1.92 bits per heavy atom. The highest BCUT2D eigenvalue weighted by molar-refractivity contribution is 7.92. The number of rotatable bonds is 6. The molecule has 0 aliphatic heterocycles. The number of ether oxygens (including phenoxy) is 1. The lowest BCUT2D eigenvalue weighted by Crippen LogP contribution is -2.37. The van der Waals surface area contributed by atoms with E-state index in [0.717, 1.165) is 10.6 Å². The van der Waals surface area contributed by atoms with Crippen molar-refractivity contribution in [2.75, 3.05) is 29.5 Å². The number of para-hydroxylation sites is 1. The van der Waals surface area contributed by atoms with Gasteiger partial charge in [0.25, 0.3) is 0 Å². The first-order valence-electron chi connectivity index (χ1n) is 6.97. The third kappa shape index (κ3) is 4.45. The van der Waals surface area contributed by atoms with Gasteiger partial charge in [0.2, 0.25) is 15.9 Å². The second-order valence-electron chi connectivity index (χ2n) is 5.00. The first-order chi connectivity index (χ1) is 11.3. The van der Waals surface area contributed by atoms with Crippen LogP contribution in [0.2, 0.25) is 0 Å². The summed E-state index contributed by atoms with van der Waals surface area (Å²) in [6.07, 6.45) is 0.989. The highest BCUT2D eigenvalue weighted by Crippen LogP contribution is 2.23. The van der Waals surface area contributed by atoms with E-state index < -0.39 is 28.3 Å². The number of methoxy groups -OCH3 is 1. The van der Waals surface area contributed by atoms with Crippen molar-refractivity contribution in [2.24, 2.45) is 0 Å². The van der Waals surface area contributed by atoms with Gasteiger partial charge in [-0.25, -0.2) is 12.8 Å². The molecule has 2 rings (SSSR count). The van der Waals surface area contributed by atoms with Crippen molar-refractivity contribution in [3.8, 4) is 5.75 Å². The van der Waals surface area contributed by atoms with Crippen LogP contribution in [-0.2, 0) is 14.8 Å². The van der Waals surface area contributed by atoms with Crippen LogP contribution in [0.5, 0.6) is 5.75 Å². The molecule has 0 fully saturated rings. The zero-order valence-corrected chi connectivity index (χ0v) is 14.0. The molecule has 0 spiro atoms. The summed E-state index contributed by atoms with van der Waals surface area (Å²) in [5.74, 6) is -0.804. The van der Waals surface area contributed by atoms with Crippen molar-refractivity contribution < 1.29 is 22.3 Å². The molecule has 0 bridgehead atoms. The molecule has 1 amide bonds. The number of sulfonamides is 1. The van der Waals surface area contributed by atoms with Crippen molar-refractivity contribution in [3.63, 3.8) is 0 Å². The van der Waals surface area contributed by atoms with E-state index in [0.29, 0.717) is 5.75 Å². The van der Waals surface area contributed by atoms with Crippen LogP contribution in [0, 0.1) is 5.82 Å². The molecule has 0 saturated carbocycles. The lowest BCUT2D eigenvalue weighted by molar-refractivity contribution is -0.114. The first kappa shape index (κ1) is 17.7. The summed E-state index contributed by atoms with van der Waals surface area (Å²) in [5, 5.41) is 2.36. The van der Waals surface area contributed by atoms with E-state index in [-0.39, 0.29) is 11.4 Å². The molecule has 0 heterocycles. The van der Waals surface area contributed by atoms with Crippen molar-refractivity contribution >= 4 is 27.3 Å². The summed E-state index contributed by atoms with van der Waals surface area (Å²) in [6, 6.07) is 12.0. The molecule has 2 aromatic rings. The fourth-order valence-electron chi connectivity index (χ4n) is 2.05. The average Bonchev–Trinajstić information content (AvgIpc) is 2.54. The van der Waals surface area contributed by atoms with E-state index in [4.69, 9.17) is 4.74 Å². The molecular weight excluding hydrogens is 335 g/mol. The van der Waals surface area contributed by atoms with E-state index in [1.165, 1.54) is 31.4 Å². The standard InChI is InChI=1S/C16H17FN2O4S/c1-23-13-7-5-6-12(10-13)19(24(2,21)22)11-16(20)18-15-9-4-3-8-14(15)17/h3-10H,11H2,1-2H3,(H,18,20). The second kappa shape index (κ2) is 7.31. The summed E-state index contributed by atoms with van der Waals surface area (Å²) < 4.78 is 43.6. The highest BCUT2D eigenvalue weighted by Gasteiger charge is 2.21. The Morgan fingerprint density at radius 1 is 1.21 bits per heavy atom. The van der Waals surface area contributed by atoms with E-state index in [1.807, 2.05) is 0 Å². The van der Waals surface area contributed by atoms with E-state index in [1.54, 1.807) is 24.3 Å². The SMILES string of the molecule is COc1cccc(N(CC(=O)Nc2ccccc2F)S(C)(=O)=O)c1. The van der Waals surface area contributed by atoms with Crippen LogP contribution in [0.4, 0.5) is 15.8 Å². The third-order valence-electron chi connectivity index (χ3n) is 3.18. The van der Waals surface area contributed by atoms with Gasteiger partial charge in [-0.05, 0) is 24.3 Å². The van der Waals surface area contributed by atoms with Crippen LogP contribution < -0.4 is 14.4 Å². The van der Waals surface area contributed by atoms with Crippen molar-refractivity contribution in [2.45, 2.75) is 0 Å². The van der Waals surface area contributed by atoms with E-state index in [9.17, 15) is 17.6 Å². The average molecular weight is 352 g/mol. The molecule has 2 aromatic carbocycles. The van der Waals surface area contributed by atoms with Gasteiger partial charge in [-0.3, -0.25) is 9.10 Å². The van der Waals surface area contributed by atoms with Crippen LogP contribution in [0.1, 0.15) is 0 Å². The van der Waals surface area contributed by atoms with Crippen LogP contribution >= 0.6 is 0 Å². The van der Waals surface area contributed by atoms with Gasteiger partial charge >= 0.3 is 0 Å². The van der Waals surface area contributed by atoms with Gasteiger partial charge in [0.15, 0.2) is 0 Å². The molecule has 0 aliphatic carbocycles. The smallest absolute Gasteiger partial charge is 0.245 e. The number of hydrogen-bond donors (Lipinski definition) is 1. The molecule has 0 unspecified atom stereocenters. The maximum atomic E-state index is 13.6. The number of amides is 1. The fraction of sp³-hybridized carbons (Fsp3) is 0.188. The number of carbonyl (C=O) groups is 1. The molecule has 0 atom stereocenters. The van der Waals surface area contributed by atoms with Gasteiger partial charge < -0.3 is 10.1 Å². The molecule has 0 radical (unpaired) electrons. The summed E-state index contributed by atoms with van der Waals surface area (Å²) in [4.78, 5) is 12.1. The number of benzene rings is 2. The van der Waals surface area contributed by atoms with Crippen LogP contribution in [0.15, 0.2) is 48.5 Å². The van der Waals surface area contributed by atoms with E-state index >= 15 is 0 Å². The van der Waals surface area contributed by atoms with E-state index in [2.05, 4.69) is 5.32 Å². The Bertz CT molecular complexity index is 839. The summed E-state index contributed by atoms with van der Waals surface area (Å²) in [5.41, 5.74) is 0.266. The Morgan fingerprint density at radius 3 is 2.54 bits per heavy atom. The Balaban J connectivity index is 2.23. The number of nitrogens with one attached hydrogen (secondary N) is 1. The number of nitrogens with zero attached hydrogens (tertiary/aromatic N) is 1. The van der Waals surface area contributed by atoms with Crippen molar-refractivity contribution in [1.29, 1.82) is 0 Å². The summed E-state index contributed by atoms with van der Waals surface area (Å²) >= 11 is 0. The molecule has 1 N–H and O–H groups in total. The minimum absolute atomic E-state index is 0.0124. The fourth-order valence-corrected chi connectivity index (χ4v) is 2.90. The van der Waals surface area contributed by atoms with Gasteiger partial charge in [0.05, 0.1) is 24.7 Å². The quantitative estimate of drug-likeness (QED) is 0.865. The van der Waals surface area contributed by atoms with Gasteiger partial charge in [-0.15, -0.1) is 0 Å². The molecule has 8 heteroatoms. The lowest BCUT2D eigenvalue weighted by atomic mass is 10.3. The topological polar surface area (TPSA) is 75.7 Å². The largest absolute Gasteiger partial charge is 0.497 e. The zero-order chi connectivity index (χ0) is 17.7. The number of hydrogen-bond acceptors (Lipinski definition) is 4. The molecule has 128 valence electrons. The summed E-state index contributed by atoms with van der Waals surface area (Å²) in [6.45, 7) is -0.486. The normalized spacial score (nSPS) is 11.0. The maximum absolute atomic E-state index is 13.6. The van der Waals surface area contributed by atoms with Gasteiger partial charge in [0, 0.05) is 6.07 Å². The molecule has 0 aliphatic rings. The molecule has 0 aromatic heterocycles. The maximum Gasteiger partial charge on any atom is 0.245 e. The molecule has 6 nitrogen and oxygen atoms in total. The van der Waals surface area contributed by atoms with Crippen molar-refractivity contribution in [3.05, 3.63) is 54.3 Å². The molecule has 24 heavy (non-hydrogen) atoms. The van der Waals surface area contributed by atoms with Gasteiger partial charge in [0.1, 0.15) is 18.1 Å². The van der Waals surface area contributed by atoms with Crippen LogP contribution in [-0.4, -0.2) is 34.2 Å². The van der Waals surface area contributed by atoms with Gasteiger partial charge in [-0.1, -0.05) is 18.2 Å². The lowest BCUT2D eigenvalue weighted by Gasteiger charge is -2.22. The zero-order valence-electron chi connectivity index (χ0n) is 13.2. The second-order valence-corrected chi connectivity index (χ2v) is 6.91. The predicted molar refractivity (Wildman–Crippen MR) is 90.2 cm³/mol. The van der Waals surface area contributed by atoms with Gasteiger partial charge in [-0.2, -0.15) is 0 Å².